The van der Waals surface area contributed by atoms with Crippen molar-refractivity contribution in [3.63, 3.8) is 0 Å². The molecule has 2 nitrogen and oxygen atoms in total. The van der Waals surface area contributed by atoms with Crippen molar-refractivity contribution in [3.8, 4) is 0 Å². The van der Waals surface area contributed by atoms with E-state index < -0.39 is 0 Å². The highest BCUT2D eigenvalue weighted by Crippen LogP contribution is 2.25. The molecule has 0 saturated heterocycles. The number of aliphatic hydroxyl groups is 1. The highest BCUT2D eigenvalue weighted by Gasteiger charge is 2.22. The van der Waals surface area contributed by atoms with Gasteiger partial charge in [0.1, 0.15) is 0 Å². The zero-order chi connectivity index (χ0) is 12.3. The van der Waals surface area contributed by atoms with E-state index >= 15 is 0 Å². The molecule has 2 N–H and O–H groups in total. The predicted octanol–water partition coefficient (Wildman–Crippen LogP) is 3.29. The summed E-state index contributed by atoms with van der Waals surface area (Å²) in [5, 5.41) is 14.0. The Kier molecular flexibility index (Phi) is 4.43. The molecule has 3 heteroatoms. The van der Waals surface area contributed by atoms with Crippen molar-refractivity contribution in [3.05, 3.63) is 34.9 Å². The van der Waals surface area contributed by atoms with E-state index in [2.05, 4.69) is 18.3 Å². The zero-order valence-corrected chi connectivity index (χ0v) is 11.0. The molecule has 2 rings (SSSR count). The number of benzene rings is 1. The molecule has 1 aromatic rings. The lowest BCUT2D eigenvalue weighted by molar-refractivity contribution is 0.109. The van der Waals surface area contributed by atoms with E-state index in [4.69, 9.17) is 11.6 Å². The standard InChI is InChI=1S/C14H20ClNO/c1-10(13-7-2-3-8-14(13)15)16-11-5-4-6-12(17)9-11/h2-3,7-8,10-12,16-17H,4-6,9H2,1H3. The second-order valence-corrected chi connectivity index (χ2v) is 5.33. The number of hydrogen-bond acceptors (Lipinski definition) is 2. The highest BCUT2D eigenvalue weighted by atomic mass is 35.5. The van der Waals surface area contributed by atoms with Crippen LogP contribution in [-0.4, -0.2) is 17.3 Å². The van der Waals surface area contributed by atoms with Crippen LogP contribution in [0.15, 0.2) is 24.3 Å². The van der Waals surface area contributed by atoms with E-state index in [0.717, 1.165) is 36.3 Å². The molecule has 1 aromatic carbocycles. The second-order valence-electron chi connectivity index (χ2n) is 4.93. The Labute approximate surface area is 108 Å². The zero-order valence-electron chi connectivity index (χ0n) is 10.2. The van der Waals surface area contributed by atoms with Gasteiger partial charge in [0.05, 0.1) is 6.10 Å². The molecule has 0 spiro atoms. The van der Waals surface area contributed by atoms with Crippen molar-refractivity contribution in [1.29, 1.82) is 0 Å². The average Bonchev–Trinajstić information content (AvgIpc) is 2.29. The lowest BCUT2D eigenvalue weighted by Gasteiger charge is -2.29. The molecule has 0 heterocycles. The van der Waals surface area contributed by atoms with Gasteiger partial charge in [0.15, 0.2) is 0 Å². The van der Waals surface area contributed by atoms with Gasteiger partial charge in [-0.2, -0.15) is 0 Å². The average molecular weight is 254 g/mol. The predicted molar refractivity (Wildman–Crippen MR) is 71.3 cm³/mol. The van der Waals surface area contributed by atoms with Crippen molar-refractivity contribution in [1.82, 2.24) is 5.32 Å². The summed E-state index contributed by atoms with van der Waals surface area (Å²) < 4.78 is 0. The van der Waals surface area contributed by atoms with Crippen molar-refractivity contribution in [2.75, 3.05) is 0 Å². The van der Waals surface area contributed by atoms with Crippen molar-refractivity contribution in [2.24, 2.45) is 0 Å². The first-order valence-corrected chi connectivity index (χ1v) is 6.73. The molecule has 1 aliphatic carbocycles. The molecule has 1 saturated carbocycles. The maximum atomic E-state index is 9.65. The Hall–Kier alpha value is -0.570. The maximum absolute atomic E-state index is 9.65. The monoisotopic (exact) mass is 253 g/mol. The van der Waals surface area contributed by atoms with Gasteiger partial charge in [0.2, 0.25) is 0 Å². The van der Waals surface area contributed by atoms with E-state index in [1.165, 1.54) is 0 Å². The second kappa shape index (κ2) is 5.85. The minimum atomic E-state index is -0.139. The number of halogens is 1. The smallest absolute Gasteiger partial charge is 0.0555 e. The van der Waals surface area contributed by atoms with Gasteiger partial charge in [-0.25, -0.2) is 0 Å². The van der Waals surface area contributed by atoms with Gasteiger partial charge in [-0.15, -0.1) is 0 Å². The lowest BCUT2D eigenvalue weighted by atomic mass is 9.92. The summed E-state index contributed by atoms with van der Waals surface area (Å²) in [5.41, 5.74) is 1.13. The van der Waals surface area contributed by atoms with Gasteiger partial charge in [0.25, 0.3) is 0 Å². The van der Waals surface area contributed by atoms with Crippen LogP contribution in [0, 0.1) is 0 Å². The van der Waals surface area contributed by atoms with Crippen LogP contribution in [-0.2, 0) is 0 Å². The fourth-order valence-electron chi connectivity index (χ4n) is 2.58. The summed E-state index contributed by atoms with van der Waals surface area (Å²) in [6, 6.07) is 8.58. The van der Waals surface area contributed by atoms with E-state index in [9.17, 15) is 5.11 Å². The fraction of sp³-hybridized carbons (Fsp3) is 0.571. The minimum absolute atomic E-state index is 0.139. The molecule has 3 unspecified atom stereocenters. The van der Waals surface area contributed by atoms with Crippen LogP contribution in [0.4, 0.5) is 0 Å². The first kappa shape index (κ1) is 12.9. The number of aliphatic hydroxyl groups excluding tert-OH is 1. The van der Waals surface area contributed by atoms with Crippen LogP contribution < -0.4 is 5.32 Å². The number of hydrogen-bond donors (Lipinski definition) is 2. The Balaban J connectivity index is 1.97. The van der Waals surface area contributed by atoms with Crippen LogP contribution in [0.2, 0.25) is 5.02 Å². The summed E-state index contributed by atoms with van der Waals surface area (Å²) in [4.78, 5) is 0. The molecule has 1 fully saturated rings. The molecule has 0 amide bonds. The molecule has 0 bridgehead atoms. The van der Waals surface area contributed by atoms with Crippen LogP contribution in [0.25, 0.3) is 0 Å². The van der Waals surface area contributed by atoms with Crippen molar-refractivity contribution in [2.45, 2.75) is 50.8 Å². The summed E-state index contributed by atoms with van der Waals surface area (Å²) in [6.45, 7) is 2.13. The Morgan fingerprint density at radius 1 is 1.35 bits per heavy atom. The van der Waals surface area contributed by atoms with Crippen LogP contribution >= 0.6 is 11.6 Å². The largest absolute Gasteiger partial charge is 0.393 e. The van der Waals surface area contributed by atoms with Gasteiger partial charge in [-0.05, 0) is 44.2 Å². The van der Waals surface area contributed by atoms with E-state index in [1.54, 1.807) is 0 Å². The molecule has 1 aliphatic rings. The first-order valence-electron chi connectivity index (χ1n) is 6.35. The Bertz CT molecular complexity index is 369. The van der Waals surface area contributed by atoms with Crippen molar-refractivity contribution >= 4 is 11.6 Å². The SMILES string of the molecule is CC(NC1CCCC(O)C1)c1ccccc1Cl. The summed E-state index contributed by atoms with van der Waals surface area (Å²) in [6.07, 6.45) is 3.91. The summed E-state index contributed by atoms with van der Waals surface area (Å²) in [5.74, 6) is 0. The highest BCUT2D eigenvalue weighted by molar-refractivity contribution is 6.31. The Morgan fingerprint density at radius 3 is 2.82 bits per heavy atom. The van der Waals surface area contributed by atoms with Crippen LogP contribution in [0.1, 0.15) is 44.2 Å². The molecule has 0 aromatic heterocycles. The molecule has 94 valence electrons. The quantitative estimate of drug-likeness (QED) is 0.867. The molecular weight excluding hydrogens is 234 g/mol. The van der Waals surface area contributed by atoms with E-state index in [0.29, 0.717) is 6.04 Å². The van der Waals surface area contributed by atoms with Gasteiger partial charge < -0.3 is 10.4 Å². The third-order valence-corrected chi connectivity index (χ3v) is 3.85. The first-order chi connectivity index (χ1) is 8.16. The molecule has 0 aliphatic heterocycles. The molecule has 0 radical (unpaired) electrons. The summed E-state index contributed by atoms with van der Waals surface area (Å²) >= 11 is 6.18. The fourth-order valence-corrected chi connectivity index (χ4v) is 2.88. The molecule has 3 atom stereocenters. The normalized spacial score (nSPS) is 26.8. The third-order valence-electron chi connectivity index (χ3n) is 3.50. The van der Waals surface area contributed by atoms with E-state index in [1.807, 2.05) is 18.2 Å². The van der Waals surface area contributed by atoms with E-state index in [-0.39, 0.29) is 12.1 Å². The third kappa shape index (κ3) is 3.44. The number of nitrogens with one attached hydrogen (secondary N) is 1. The molecular formula is C14H20ClNO. The minimum Gasteiger partial charge on any atom is -0.393 e. The Morgan fingerprint density at radius 2 is 2.12 bits per heavy atom. The summed E-state index contributed by atoms with van der Waals surface area (Å²) in [7, 11) is 0. The lowest BCUT2D eigenvalue weighted by Crippen LogP contribution is -2.37. The van der Waals surface area contributed by atoms with Crippen LogP contribution in [0.5, 0.6) is 0 Å². The number of rotatable bonds is 3. The van der Waals surface area contributed by atoms with Gasteiger partial charge in [-0.1, -0.05) is 29.8 Å². The van der Waals surface area contributed by atoms with Gasteiger partial charge in [0, 0.05) is 17.1 Å². The maximum Gasteiger partial charge on any atom is 0.0555 e. The topological polar surface area (TPSA) is 32.3 Å². The van der Waals surface area contributed by atoms with Crippen molar-refractivity contribution < 1.29 is 5.11 Å². The molecule has 17 heavy (non-hydrogen) atoms. The van der Waals surface area contributed by atoms with Gasteiger partial charge >= 0.3 is 0 Å². The van der Waals surface area contributed by atoms with Gasteiger partial charge in [-0.3, -0.25) is 0 Å². The van der Waals surface area contributed by atoms with Crippen LogP contribution in [0.3, 0.4) is 0 Å².